The highest BCUT2D eigenvalue weighted by Crippen LogP contribution is 2.02. The van der Waals surface area contributed by atoms with E-state index >= 15 is 0 Å². The van der Waals surface area contributed by atoms with Crippen LogP contribution in [0.4, 0.5) is 0 Å². The molecule has 0 amide bonds. The van der Waals surface area contributed by atoms with Gasteiger partial charge in [-0.05, 0) is 0 Å². The molecule has 1 aromatic heterocycles. The molecule has 14 heavy (non-hydrogen) atoms. The third-order valence-corrected chi connectivity index (χ3v) is 1.45. The second kappa shape index (κ2) is 4.13. The van der Waals surface area contributed by atoms with Crippen molar-refractivity contribution in [3.05, 3.63) is 22.8 Å². The molecule has 6 nitrogen and oxygen atoms in total. The Hall–Kier alpha value is -2.24. The van der Waals surface area contributed by atoms with Crippen LogP contribution in [0.3, 0.4) is 0 Å². The van der Waals surface area contributed by atoms with Gasteiger partial charge in [0.25, 0.3) is 0 Å². The van der Waals surface area contributed by atoms with Gasteiger partial charge in [-0.3, -0.25) is 19.2 Å². The Morgan fingerprint density at radius 3 is 0.929 bits per heavy atom. The van der Waals surface area contributed by atoms with Crippen molar-refractivity contribution in [1.29, 1.82) is 0 Å². The molecule has 6 heteroatoms. The summed E-state index contributed by atoms with van der Waals surface area (Å²) in [6.45, 7) is 0. The lowest BCUT2D eigenvalue weighted by atomic mass is 10.2. The van der Waals surface area contributed by atoms with Gasteiger partial charge in [-0.25, -0.2) is 9.97 Å². The molecule has 0 aromatic carbocycles. The summed E-state index contributed by atoms with van der Waals surface area (Å²) < 4.78 is 0. The Bertz CT molecular complexity index is 340. The Morgan fingerprint density at radius 2 is 0.786 bits per heavy atom. The largest absolute Gasteiger partial charge is 0.296 e. The number of rotatable bonds is 4. The highest BCUT2D eigenvalue weighted by Gasteiger charge is 2.11. The number of aromatic nitrogens is 2. The van der Waals surface area contributed by atoms with Gasteiger partial charge in [0.05, 0.1) is 0 Å². The van der Waals surface area contributed by atoms with E-state index in [1.54, 1.807) is 0 Å². The van der Waals surface area contributed by atoms with E-state index in [-0.39, 0.29) is 47.9 Å². The highest BCUT2D eigenvalue weighted by atomic mass is 16.1. The monoisotopic (exact) mass is 192 g/mol. The summed E-state index contributed by atoms with van der Waals surface area (Å²) in [5, 5.41) is 0. The van der Waals surface area contributed by atoms with E-state index in [1.165, 1.54) is 0 Å². The van der Waals surface area contributed by atoms with Crippen molar-refractivity contribution < 1.29 is 19.2 Å². The Labute approximate surface area is 78.0 Å². The van der Waals surface area contributed by atoms with Crippen molar-refractivity contribution in [2.75, 3.05) is 0 Å². The normalized spacial score (nSPS) is 9.14. The Balaban J connectivity index is 3.49. The molecule has 0 saturated carbocycles. The summed E-state index contributed by atoms with van der Waals surface area (Å²) in [4.78, 5) is 48.5. The highest BCUT2D eigenvalue weighted by molar-refractivity contribution is 5.92. The number of aldehydes is 4. The SMILES string of the molecule is O=Cc1nc(C=O)c(C=O)nc1C=O. The van der Waals surface area contributed by atoms with Crippen LogP contribution in [0.5, 0.6) is 0 Å². The van der Waals surface area contributed by atoms with Gasteiger partial charge in [0.2, 0.25) is 0 Å². The van der Waals surface area contributed by atoms with Crippen LogP contribution in [0, 0.1) is 0 Å². The number of nitrogens with zero attached hydrogens (tertiary/aromatic N) is 2. The van der Waals surface area contributed by atoms with Crippen LogP contribution in [0.15, 0.2) is 0 Å². The molecule has 70 valence electrons. The lowest BCUT2D eigenvalue weighted by Gasteiger charge is -1.98. The van der Waals surface area contributed by atoms with E-state index in [2.05, 4.69) is 9.97 Å². The van der Waals surface area contributed by atoms with Crippen LogP contribution < -0.4 is 0 Å². The first-order chi connectivity index (χ1) is 6.76. The number of hydrogen-bond acceptors (Lipinski definition) is 6. The van der Waals surface area contributed by atoms with Crippen LogP contribution in [-0.4, -0.2) is 35.1 Å². The minimum Gasteiger partial charge on any atom is -0.296 e. The lowest BCUT2D eigenvalue weighted by Crippen LogP contribution is -2.08. The number of carbonyl (C=O) groups excluding carboxylic acids is 4. The van der Waals surface area contributed by atoms with Crippen LogP contribution in [0.25, 0.3) is 0 Å². The summed E-state index contributed by atoms with van der Waals surface area (Å²) in [5.41, 5.74) is -1.03. The Kier molecular flexibility index (Phi) is 2.90. The molecule has 0 radical (unpaired) electrons. The molecule has 0 fully saturated rings. The van der Waals surface area contributed by atoms with Gasteiger partial charge in [-0.2, -0.15) is 0 Å². The third kappa shape index (κ3) is 1.58. The fourth-order valence-electron chi connectivity index (χ4n) is 0.836. The van der Waals surface area contributed by atoms with E-state index in [0.29, 0.717) is 0 Å². The standard InChI is InChI=1S/C8H4N2O4/c11-1-5-6(2-12)10-8(4-14)7(3-13)9-5/h1-4H. The van der Waals surface area contributed by atoms with Crippen molar-refractivity contribution in [3.8, 4) is 0 Å². The summed E-state index contributed by atoms with van der Waals surface area (Å²) in [5.74, 6) is 0. The molecule has 1 heterocycles. The van der Waals surface area contributed by atoms with Gasteiger partial charge in [0.1, 0.15) is 22.8 Å². The van der Waals surface area contributed by atoms with Gasteiger partial charge >= 0.3 is 0 Å². The molecule has 0 unspecified atom stereocenters. The van der Waals surface area contributed by atoms with E-state index in [4.69, 9.17) is 0 Å². The van der Waals surface area contributed by atoms with Crippen LogP contribution >= 0.6 is 0 Å². The first-order valence-corrected chi connectivity index (χ1v) is 3.49. The summed E-state index contributed by atoms with van der Waals surface area (Å²) in [6, 6.07) is 0. The van der Waals surface area contributed by atoms with Gasteiger partial charge < -0.3 is 0 Å². The molecular weight excluding hydrogens is 188 g/mol. The van der Waals surface area contributed by atoms with Gasteiger partial charge in [0, 0.05) is 0 Å². The fourth-order valence-corrected chi connectivity index (χ4v) is 0.836. The fraction of sp³-hybridized carbons (Fsp3) is 0. The third-order valence-electron chi connectivity index (χ3n) is 1.45. The van der Waals surface area contributed by atoms with Gasteiger partial charge in [-0.1, -0.05) is 0 Å². The van der Waals surface area contributed by atoms with Crippen molar-refractivity contribution in [2.24, 2.45) is 0 Å². The van der Waals surface area contributed by atoms with Gasteiger partial charge in [0.15, 0.2) is 25.1 Å². The molecule has 0 atom stereocenters. The smallest absolute Gasteiger partial charge is 0.170 e. The van der Waals surface area contributed by atoms with E-state index in [9.17, 15) is 19.2 Å². The van der Waals surface area contributed by atoms with Crippen molar-refractivity contribution in [3.63, 3.8) is 0 Å². The van der Waals surface area contributed by atoms with Crippen LogP contribution in [-0.2, 0) is 0 Å². The Morgan fingerprint density at radius 1 is 0.571 bits per heavy atom. The quantitative estimate of drug-likeness (QED) is 0.609. The van der Waals surface area contributed by atoms with Gasteiger partial charge in [-0.15, -0.1) is 0 Å². The first kappa shape index (κ1) is 9.85. The van der Waals surface area contributed by atoms with E-state index < -0.39 is 0 Å². The summed E-state index contributed by atoms with van der Waals surface area (Å²) in [6.07, 6.45) is 1.16. The molecule has 1 rings (SSSR count). The zero-order valence-electron chi connectivity index (χ0n) is 6.84. The second-order valence-electron chi connectivity index (χ2n) is 2.24. The lowest BCUT2D eigenvalue weighted by molar-refractivity contribution is 0.107. The number of carbonyl (C=O) groups is 4. The molecule has 0 aliphatic rings. The average Bonchev–Trinajstić information content (AvgIpc) is 2.26. The molecule has 1 aromatic rings. The topological polar surface area (TPSA) is 94.1 Å². The predicted octanol–water partition coefficient (Wildman–Crippen LogP) is -0.273. The molecule has 0 bridgehead atoms. The predicted molar refractivity (Wildman–Crippen MR) is 43.6 cm³/mol. The maximum atomic E-state index is 10.4. The molecule has 0 aliphatic heterocycles. The maximum absolute atomic E-state index is 10.4. The zero-order chi connectivity index (χ0) is 10.6. The maximum Gasteiger partial charge on any atom is 0.170 e. The van der Waals surface area contributed by atoms with Crippen LogP contribution in [0.1, 0.15) is 42.0 Å². The average molecular weight is 192 g/mol. The molecule has 0 saturated heterocycles. The minimum atomic E-state index is -0.257. The molecule has 0 aliphatic carbocycles. The summed E-state index contributed by atoms with van der Waals surface area (Å²) >= 11 is 0. The summed E-state index contributed by atoms with van der Waals surface area (Å²) in [7, 11) is 0. The van der Waals surface area contributed by atoms with E-state index in [1.807, 2.05) is 0 Å². The molecular formula is C8H4N2O4. The van der Waals surface area contributed by atoms with Crippen LogP contribution in [0.2, 0.25) is 0 Å². The number of hydrogen-bond donors (Lipinski definition) is 0. The zero-order valence-corrected chi connectivity index (χ0v) is 6.84. The molecule has 0 N–H and O–H groups in total. The van der Waals surface area contributed by atoms with Crippen molar-refractivity contribution in [2.45, 2.75) is 0 Å². The van der Waals surface area contributed by atoms with Crippen molar-refractivity contribution in [1.82, 2.24) is 9.97 Å². The first-order valence-electron chi connectivity index (χ1n) is 3.49. The minimum absolute atomic E-state index is 0.257. The van der Waals surface area contributed by atoms with Crippen molar-refractivity contribution >= 4 is 25.1 Å². The second-order valence-corrected chi connectivity index (χ2v) is 2.24. The van der Waals surface area contributed by atoms with E-state index in [0.717, 1.165) is 0 Å². The molecule has 0 spiro atoms.